The quantitative estimate of drug-likeness (QED) is 0.227. The van der Waals surface area contributed by atoms with Gasteiger partial charge in [-0.15, -0.1) is 0 Å². The van der Waals surface area contributed by atoms with Gasteiger partial charge < -0.3 is 14.2 Å². The fourth-order valence-corrected chi connectivity index (χ4v) is 5.65. The van der Waals surface area contributed by atoms with E-state index < -0.39 is 0 Å². The summed E-state index contributed by atoms with van der Waals surface area (Å²) in [4.78, 5) is 44.3. The largest absolute Gasteiger partial charge is 0.388 e. The number of imide groups is 1. The van der Waals surface area contributed by atoms with Gasteiger partial charge in [-0.2, -0.15) is 0 Å². The summed E-state index contributed by atoms with van der Waals surface area (Å²) >= 11 is 0. The van der Waals surface area contributed by atoms with Gasteiger partial charge in [-0.05, 0) is 71.8 Å². The van der Waals surface area contributed by atoms with Crippen molar-refractivity contribution < 1.29 is 23.5 Å². The molecule has 1 aliphatic heterocycles. The number of aliphatic hydroxyl groups excluding tert-OH is 1. The van der Waals surface area contributed by atoms with Crippen molar-refractivity contribution >= 4 is 34.1 Å². The molecule has 0 spiro atoms. The highest BCUT2D eigenvalue weighted by molar-refractivity contribution is 6.21. The maximum absolute atomic E-state index is 13.3. The van der Waals surface area contributed by atoms with Crippen LogP contribution >= 0.6 is 0 Å². The Hall–Kier alpha value is -6.14. The molecular weight excluding hydrogens is 616 g/mol. The van der Waals surface area contributed by atoms with Crippen LogP contribution in [-0.2, 0) is 26.2 Å². The third-order valence-electron chi connectivity index (χ3n) is 7.99. The Morgan fingerprint density at radius 2 is 1.02 bits per heavy atom. The summed E-state index contributed by atoms with van der Waals surface area (Å²) in [5, 5.41) is 9.37. The van der Waals surface area contributed by atoms with Crippen molar-refractivity contribution in [3.05, 3.63) is 155 Å². The molecule has 0 unspecified atom stereocenters. The lowest BCUT2D eigenvalue weighted by Gasteiger charge is -2.15. The Balaban J connectivity index is 0.000000166. The average Bonchev–Trinajstić information content (AvgIpc) is 3.73. The predicted molar refractivity (Wildman–Crippen MR) is 173 cm³/mol. The van der Waals surface area contributed by atoms with Gasteiger partial charge in [0.05, 0.1) is 30.8 Å². The van der Waals surface area contributed by atoms with E-state index in [0.29, 0.717) is 47.0 Å². The molecule has 0 atom stereocenters. The van der Waals surface area contributed by atoms with E-state index in [4.69, 9.17) is 0 Å². The van der Waals surface area contributed by atoms with Crippen molar-refractivity contribution in [3.63, 3.8) is 0 Å². The third kappa shape index (κ3) is 5.92. The predicted octanol–water partition coefficient (Wildman–Crippen LogP) is 5.53. The van der Waals surface area contributed by atoms with E-state index in [1.807, 2.05) is 21.3 Å². The van der Waals surface area contributed by atoms with Crippen molar-refractivity contribution in [2.75, 3.05) is 0 Å². The van der Waals surface area contributed by atoms with E-state index in [1.54, 1.807) is 73.1 Å². The lowest BCUT2D eigenvalue weighted by Crippen LogP contribution is -2.30. The number of pyridine rings is 2. The number of benzene rings is 3. The van der Waals surface area contributed by atoms with Gasteiger partial charge in [0.2, 0.25) is 0 Å². The molecule has 2 amide bonds. The smallest absolute Gasteiger partial charge is 0.261 e. The van der Waals surface area contributed by atoms with Crippen LogP contribution < -0.4 is 0 Å². The van der Waals surface area contributed by atoms with Gasteiger partial charge in [0.15, 0.2) is 11.3 Å². The van der Waals surface area contributed by atoms with Crippen molar-refractivity contribution in [1.82, 2.24) is 34.0 Å². The lowest BCUT2D eigenvalue weighted by molar-refractivity contribution is 0.0637. The molecular formula is C36H27F2N7O3. The Morgan fingerprint density at radius 1 is 0.562 bits per heavy atom. The molecule has 12 heteroatoms. The number of halogens is 2. The second-order valence-electron chi connectivity index (χ2n) is 11.1. The van der Waals surface area contributed by atoms with Gasteiger partial charge in [0, 0.05) is 12.4 Å². The van der Waals surface area contributed by atoms with Crippen LogP contribution in [0.1, 0.15) is 43.5 Å². The maximum atomic E-state index is 13.3. The van der Waals surface area contributed by atoms with Crippen LogP contribution in [0.2, 0.25) is 0 Å². The lowest BCUT2D eigenvalue weighted by atomic mass is 10.1. The highest BCUT2D eigenvalue weighted by Crippen LogP contribution is 2.26. The van der Waals surface area contributed by atoms with Crippen LogP contribution in [0.4, 0.5) is 8.78 Å². The number of imidazole rings is 2. The summed E-state index contributed by atoms with van der Waals surface area (Å²) in [6, 6.07) is 26.5. The van der Waals surface area contributed by atoms with Crippen molar-refractivity contribution in [1.29, 1.82) is 0 Å². The third-order valence-corrected chi connectivity index (χ3v) is 7.99. The number of rotatable bonds is 7. The Labute approximate surface area is 272 Å². The number of hydrogen-bond acceptors (Lipinski definition) is 7. The minimum atomic E-state index is -0.334. The van der Waals surface area contributed by atoms with Crippen molar-refractivity contribution in [2.45, 2.75) is 26.2 Å². The first-order valence-electron chi connectivity index (χ1n) is 15.0. The SMILES string of the molecule is O=C1c2ccccc2C(=O)N1Cc1nc2cccnc2n1Cc1ccc(F)cc1.OCc1nc2cccnc2n1Cc1ccc(F)cc1. The van der Waals surface area contributed by atoms with Crippen LogP contribution in [0.25, 0.3) is 22.3 Å². The highest BCUT2D eigenvalue weighted by Gasteiger charge is 2.36. The minimum Gasteiger partial charge on any atom is -0.388 e. The molecule has 7 aromatic rings. The molecule has 0 fully saturated rings. The Kier molecular flexibility index (Phi) is 8.22. The zero-order valence-corrected chi connectivity index (χ0v) is 25.4. The zero-order chi connectivity index (χ0) is 33.2. The van der Waals surface area contributed by atoms with Crippen molar-refractivity contribution in [3.8, 4) is 0 Å². The molecule has 1 aliphatic rings. The molecule has 0 aliphatic carbocycles. The molecule has 3 aromatic carbocycles. The molecule has 0 saturated heterocycles. The van der Waals surface area contributed by atoms with Gasteiger partial charge >= 0.3 is 0 Å². The summed E-state index contributed by atoms with van der Waals surface area (Å²) in [6.45, 7) is 0.775. The molecule has 5 heterocycles. The zero-order valence-electron chi connectivity index (χ0n) is 25.4. The molecule has 0 radical (unpaired) electrons. The number of carbonyl (C=O) groups is 2. The molecule has 8 rings (SSSR count). The molecule has 10 nitrogen and oxygen atoms in total. The van der Waals surface area contributed by atoms with Crippen LogP contribution in [0.3, 0.4) is 0 Å². The van der Waals surface area contributed by atoms with E-state index in [2.05, 4.69) is 19.9 Å². The average molecular weight is 644 g/mol. The number of aliphatic hydroxyl groups is 1. The Morgan fingerprint density at radius 3 is 1.50 bits per heavy atom. The van der Waals surface area contributed by atoms with Gasteiger partial charge in [-0.1, -0.05) is 36.4 Å². The first-order chi connectivity index (χ1) is 23.4. The maximum Gasteiger partial charge on any atom is 0.261 e. The van der Waals surface area contributed by atoms with Crippen LogP contribution in [0.5, 0.6) is 0 Å². The van der Waals surface area contributed by atoms with Gasteiger partial charge in [-0.3, -0.25) is 14.5 Å². The first kappa shape index (κ1) is 30.5. The molecule has 1 N–H and O–H groups in total. The monoisotopic (exact) mass is 643 g/mol. The topological polar surface area (TPSA) is 119 Å². The fraction of sp³-hybridized carbons (Fsp3) is 0.111. The van der Waals surface area contributed by atoms with E-state index in [9.17, 15) is 23.5 Å². The van der Waals surface area contributed by atoms with E-state index in [1.165, 1.54) is 29.2 Å². The van der Waals surface area contributed by atoms with Gasteiger partial charge in [0.25, 0.3) is 11.8 Å². The van der Waals surface area contributed by atoms with Crippen LogP contribution in [-0.4, -0.2) is 50.9 Å². The Bertz CT molecular complexity index is 2250. The van der Waals surface area contributed by atoms with Gasteiger partial charge in [-0.25, -0.2) is 28.7 Å². The van der Waals surface area contributed by atoms with E-state index in [0.717, 1.165) is 22.3 Å². The summed E-state index contributed by atoms with van der Waals surface area (Å²) < 4.78 is 29.9. The van der Waals surface area contributed by atoms with E-state index in [-0.39, 0.29) is 36.6 Å². The summed E-state index contributed by atoms with van der Waals surface area (Å²) in [6.07, 6.45) is 3.35. The molecule has 238 valence electrons. The van der Waals surface area contributed by atoms with E-state index >= 15 is 0 Å². The number of hydrogen-bond donors (Lipinski definition) is 1. The minimum absolute atomic E-state index is 0.0316. The summed E-state index contributed by atoms with van der Waals surface area (Å²) in [5.41, 5.74) is 5.36. The highest BCUT2D eigenvalue weighted by atomic mass is 19.1. The number of aromatic nitrogens is 6. The normalized spacial score (nSPS) is 12.4. The van der Waals surface area contributed by atoms with Crippen LogP contribution in [0, 0.1) is 11.6 Å². The van der Waals surface area contributed by atoms with Gasteiger partial charge in [0.1, 0.15) is 40.9 Å². The second kappa shape index (κ2) is 12.9. The van der Waals surface area contributed by atoms with Crippen LogP contribution in [0.15, 0.2) is 109 Å². The molecule has 0 saturated carbocycles. The first-order valence-corrected chi connectivity index (χ1v) is 15.0. The molecule has 4 aromatic heterocycles. The number of fused-ring (bicyclic) bond motifs is 3. The number of nitrogens with zero attached hydrogens (tertiary/aromatic N) is 7. The fourth-order valence-electron chi connectivity index (χ4n) is 5.65. The van der Waals surface area contributed by atoms with Crippen molar-refractivity contribution in [2.24, 2.45) is 0 Å². The molecule has 48 heavy (non-hydrogen) atoms. The standard InChI is InChI=1S/C22H15FN4O2.C14H12FN3O/c23-15-9-7-14(8-10-15)12-26-19(25-18-6-3-11-24-20(18)26)13-27-21(28)16-4-1-2-5-17(16)22(27)29;15-11-5-3-10(4-6-11)8-18-13(9-19)17-12-2-1-7-16-14(12)18/h1-11H,12-13H2;1-7,19H,8-9H2. The molecule has 0 bridgehead atoms. The second-order valence-corrected chi connectivity index (χ2v) is 11.1. The number of amides is 2. The number of carbonyl (C=O) groups excluding carboxylic acids is 2. The summed E-state index contributed by atoms with van der Waals surface area (Å²) in [5.74, 6) is -0.151. The summed E-state index contributed by atoms with van der Waals surface area (Å²) in [7, 11) is 0.